The molecule has 25 heavy (non-hydrogen) atoms. The minimum atomic E-state index is -0.417. The van der Waals surface area contributed by atoms with Crippen molar-refractivity contribution in [2.75, 3.05) is 26.3 Å². The zero-order valence-corrected chi connectivity index (χ0v) is 15.7. The average Bonchev–Trinajstić information content (AvgIpc) is 3.03. The van der Waals surface area contributed by atoms with E-state index in [2.05, 4.69) is 33.2 Å². The van der Waals surface area contributed by atoms with Gasteiger partial charge in [-0.05, 0) is 34.3 Å². The molecule has 2 aromatic rings. The van der Waals surface area contributed by atoms with E-state index in [1.807, 2.05) is 34.0 Å². The fourth-order valence-corrected chi connectivity index (χ4v) is 4.29. The maximum Gasteiger partial charge on any atom is 0.233 e. The molecule has 0 saturated carbocycles. The van der Waals surface area contributed by atoms with Gasteiger partial charge in [-0.25, -0.2) is 0 Å². The number of hydrogen-bond donors (Lipinski definition) is 0. The summed E-state index contributed by atoms with van der Waals surface area (Å²) in [6.07, 6.45) is 5.31. The third kappa shape index (κ3) is 3.25. The lowest BCUT2D eigenvalue weighted by Gasteiger charge is -2.46. The maximum absolute atomic E-state index is 13.3. The van der Waals surface area contributed by atoms with E-state index in [0.717, 1.165) is 42.5 Å². The highest BCUT2D eigenvalue weighted by atomic mass is 79.9. The molecule has 0 N–H and O–H groups in total. The SMILES string of the molecule is O=C(N1CC(Cn2cc(Br)cn2)C1)C1(c2ccccc2)CCOCC1. The lowest BCUT2D eigenvalue weighted by molar-refractivity contribution is -0.148. The molecule has 132 valence electrons. The molecule has 2 aliphatic rings. The molecule has 0 atom stereocenters. The quantitative estimate of drug-likeness (QED) is 0.788. The van der Waals surface area contributed by atoms with E-state index >= 15 is 0 Å². The zero-order chi connectivity index (χ0) is 17.3. The third-order valence-corrected chi connectivity index (χ3v) is 5.78. The number of likely N-dealkylation sites (tertiary alicyclic amines) is 1. The minimum Gasteiger partial charge on any atom is -0.381 e. The predicted octanol–water partition coefficient (Wildman–Crippen LogP) is 2.85. The molecule has 0 bridgehead atoms. The fraction of sp³-hybridized carbons (Fsp3) is 0.474. The van der Waals surface area contributed by atoms with Gasteiger partial charge in [-0.1, -0.05) is 30.3 Å². The van der Waals surface area contributed by atoms with Gasteiger partial charge in [0.25, 0.3) is 0 Å². The summed E-state index contributed by atoms with van der Waals surface area (Å²) in [6.45, 7) is 3.78. The lowest BCUT2D eigenvalue weighted by atomic mass is 9.72. The van der Waals surface area contributed by atoms with E-state index in [-0.39, 0.29) is 5.91 Å². The van der Waals surface area contributed by atoms with Crippen LogP contribution in [0.5, 0.6) is 0 Å². The summed E-state index contributed by atoms with van der Waals surface area (Å²) in [6, 6.07) is 10.2. The first-order valence-electron chi connectivity index (χ1n) is 8.78. The van der Waals surface area contributed by atoms with Crippen LogP contribution in [0.15, 0.2) is 47.2 Å². The van der Waals surface area contributed by atoms with Gasteiger partial charge in [0, 0.05) is 45.0 Å². The standard InChI is InChI=1S/C19H22BrN3O2/c20-17-10-21-23(14-17)13-15-11-22(12-15)18(24)19(6-8-25-9-7-19)16-4-2-1-3-5-16/h1-5,10,14-15H,6-9,11-13H2. The van der Waals surface area contributed by atoms with Crippen LogP contribution in [-0.2, 0) is 21.5 Å². The summed E-state index contributed by atoms with van der Waals surface area (Å²) >= 11 is 3.42. The van der Waals surface area contributed by atoms with Crippen molar-refractivity contribution in [3.63, 3.8) is 0 Å². The van der Waals surface area contributed by atoms with Crippen molar-refractivity contribution in [2.24, 2.45) is 5.92 Å². The largest absolute Gasteiger partial charge is 0.381 e. The number of halogens is 1. The highest BCUT2D eigenvalue weighted by molar-refractivity contribution is 9.10. The molecule has 4 rings (SSSR count). The molecular weight excluding hydrogens is 382 g/mol. The van der Waals surface area contributed by atoms with E-state index in [0.29, 0.717) is 19.1 Å². The number of ether oxygens (including phenoxy) is 1. The van der Waals surface area contributed by atoms with Crippen molar-refractivity contribution in [1.29, 1.82) is 0 Å². The Kier molecular flexibility index (Phi) is 4.65. The molecule has 1 amide bonds. The van der Waals surface area contributed by atoms with Crippen molar-refractivity contribution >= 4 is 21.8 Å². The molecule has 0 radical (unpaired) electrons. The zero-order valence-electron chi connectivity index (χ0n) is 14.1. The molecule has 0 spiro atoms. The van der Waals surface area contributed by atoms with Gasteiger partial charge in [0.15, 0.2) is 0 Å². The van der Waals surface area contributed by atoms with Gasteiger partial charge in [-0.15, -0.1) is 0 Å². The number of rotatable bonds is 4. The molecular formula is C19H22BrN3O2. The number of carbonyl (C=O) groups is 1. The Morgan fingerprint density at radius 3 is 2.60 bits per heavy atom. The predicted molar refractivity (Wildman–Crippen MR) is 98.2 cm³/mol. The van der Waals surface area contributed by atoms with Crippen LogP contribution >= 0.6 is 15.9 Å². The molecule has 3 heterocycles. The van der Waals surface area contributed by atoms with Crippen LogP contribution < -0.4 is 0 Å². The van der Waals surface area contributed by atoms with Gasteiger partial charge in [0.2, 0.25) is 5.91 Å². The summed E-state index contributed by atoms with van der Waals surface area (Å²) < 4.78 is 8.48. The van der Waals surface area contributed by atoms with Crippen LogP contribution in [0.4, 0.5) is 0 Å². The first-order chi connectivity index (χ1) is 12.2. The smallest absolute Gasteiger partial charge is 0.233 e. The Labute approximate surface area is 156 Å². The highest BCUT2D eigenvalue weighted by Crippen LogP contribution is 2.38. The van der Waals surface area contributed by atoms with Gasteiger partial charge in [-0.3, -0.25) is 9.48 Å². The number of amides is 1. The summed E-state index contributed by atoms with van der Waals surface area (Å²) in [5, 5.41) is 4.31. The maximum atomic E-state index is 13.3. The Morgan fingerprint density at radius 2 is 1.96 bits per heavy atom. The summed E-state index contributed by atoms with van der Waals surface area (Å²) in [5.41, 5.74) is 0.710. The van der Waals surface area contributed by atoms with E-state index in [4.69, 9.17) is 4.74 Å². The van der Waals surface area contributed by atoms with E-state index in [9.17, 15) is 4.79 Å². The monoisotopic (exact) mass is 403 g/mol. The third-order valence-electron chi connectivity index (χ3n) is 5.37. The van der Waals surface area contributed by atoms with Gasteiger partial charge < -0.3 is 9.64 Å². The molecule has 1 aromatic heterocycles. The first kappa shape index (κ1) is 16.8. The topological polar surface area (TPSA) is 47.4 Å². The van der Waals surface area contributed by atoms with Crippen LogP contribution in [0.3, 0.4) is 0 Å². The molecule has 2 fully saturated rings. The molecule has 0 aliphatic carbocycles. The second kappa shape index (κ2) is 6.92. The molecule has 5 nitrogen and oxygen atoms in total. The second-order valence-electron chi connectivity index (χ2n) is 7.02. The fourth-order valence-electron chi connectivity index (χ4n) is 3.96. The number of hydrogen-bond acceptors (Lipinski definition) is 3. The van der Waals surface area contributed by atoms with Crippen LogP contribution in [-0.4, -0.2) is 46.9 Å². The minimum absolute atomic E-state index is 0.264. The highest BCUT2D eigenvalue weighted by Gasteiger charge is 2.46. The Morgan fingerprint density at radius 1 is 1.24 bits per heavy atom. The molecule has 1 aromatic carbocycles. The first-order valence-corrected chi connectivity index (χ1v) is 9.57. The van der Waals surface area contributed by atoms with Crippen molar-refractivity contribution in [3.8, 4) is 0 Å². The lowest BCUT2D eigenvalue weighted by Crippen LogP contribution is -2.58. The van der Waals surface area contributed by atoms with Gasteiger partial charge in [-0.2, -0.15) is 5.10 Å². The Hall–Kier alpha value is -1.66. The summed E-state index contributed by atoms with van der Waals surface area (Å²) in [4.78, 5) is 15.4. The number of nitrogens with zero attached hydrogens (tertiary/aromatic N) is 3. The number of benzene rings is 1. The van der Waals surface area contributed by atoms with Crippen molar-refractivity contribution in [1.82, 2.24) is 14.7 Å². The molecule has 0 unspecified atom stereocenters. The van der Waals surface area contributed by atoms with E-state index in [1.165, 1.54) is 0 Å². The average molecular weight is 404 g/mol. The summed E-state index contributed by atoms with van der Waals surface area (Å²) in [7, 11) is 0. The van der Waals surface area contributed by atoms with Crippen molar-refractivity contribution in [3.05, 3.63) is 52.8 Å². The van der Waals surface area contributed by atoms with E-state index < -0.39 is 5.41 Å². The van der Waals surface area contributed by atoms with Gasteiger partial charge >= 0.3 is 0 Å². The van der Waals surface area contributed by atoms with Crippen LogP contribution in [0.25, 0.3) is 0 Å². The normalized spacial score (nSPS) is 20.3. The summed E-state index contributed by atoms with van der Waals surface area (Å²) in [5.74, 6) is 0.739. The van der Waals surface area contributed by atoms with Crippen molar-refractivity contribution < 1.29 is 9.53 Å². The van der Waals surface area contributed by atoms with Crippen LogP contribution in [0.1, 0.15) is 18.4 Å². The van der Waals surface area contributed by atoms with E-state index in [1.54, 1.807) is 6.20 Å². The van der Waals surface area contributed by atoms with Crippen LogP contribution in [0, 0.1) is 5.92 Å². The molecule has 6 heteroatoms. The van der Waals surface area contributed by atoms with Gasteiger partial charge in [0.1, 0.15) is 0 Å². The number of aromatic nitrogens is 2. The Bertz CT molecular complexity index is 734. The Balaban J connectivity index is 1.45. The second-order valence-corrected chi connectivity index (χ2v) is 7.93. The molecule has 2 aliphatic heterocycles. The molecule has 2 saturated heterocycles. The van der Waals surface area contributed by atoms with Crippen molar-refractivity contribution in [2.45, 2.75) is 24.8 Å². The number of carbonyl (C=O) groups excluding carboxylic acids is 1. The van der Waals surface area contributed by atoms with Gasteiger partial charge in [0.05, 0.1) is 16.1 Å². The van der Waals surface area contributed by atoms with Crippen LogP contribution in [0.2, 0.25) is 0 Å².